The lowest BCUT2D eigenvalue weighted by Crippen LogP contribution is -2.47. The third-order valence-electron chi connectivity index (χ3n) is 3.93. The van der Waals surface area contributed by atoms with Crippen molar-refractivity contribution in [3.63, 3.8) is 0 Å². The summed E-state index contributed by atoms with van der Waals surface area (Å²) in [5.74, 6) is 2.07. The Kier molecular flexibility index (Phi) is 3.66. The highest BCUT2D eigenvalue weighted by atomic mass is 32.2. The minimum Gasteiger partial charge on any atom is -0.359 e. The maximum Gasteiger partial charge on any atom is 0.157 e. The van der Waals surface area contributed by atoms with Crippen molar-refractivity contribution in [2.75, 3.05) is 5.75 Å². The summed E-state index contributed by atoms with van der Waals surface area (Å²) >= 11 is 3.66. The smallest absolute Gasteiger partial charge is 0.157 e. The van der Waals surface area contributed by atoms with E-state index in [1.165, 1.54) is 37.0 Å². The molecular weight excluding hydrogens is 260 g/mol. The molecule has 18 heavy (non-hydrogen) atoms. The monoisotopic (exact) mass is 280 g/mol. The second-order valence-corrected chi connectivity index (χ2v) is 7.39. The third-order valence-corrected chi connectivity index (χ3v) is 5.87. The molecule has 2 heterocycles. The molecule has 3 rings (SSSR count). The first-order valence-electron chi connectivity index (χ1n) is 6.72. The van der Waals surface area contributed by atoms with Gasteiger partial charge in [0.2, 0.25) is 0 Å². The Morgan fingerprint density at radius 2 is 2.50 bits per heavy atom. The molecule has 1 N–H and O–H groups in total. The number of hydrogen-bond donors (Lipinski definition) is 1. The molecule has 1 aromatic heterocycles. The van der Waals surface area contributed by atoms with Crippen molar-refractivity contribution in [2.45, 2.75) is 44.7 Å². The zero-order valence-corrected chi connectivity index (χ0v) is 12.4. The summed E-state index contributed by atoms with van der Waals surface area (Å²) in [4.78, 5) is 4.72. The van der Waals surface area contributed by atoms with Crippen LogP contribution in [0.3, 0.4) is 0 Å². The van der Waals surface area contributed by atoms with E-state index in [1.54, 1.807) is 11.3 Å². The lowest BCUT2D eigenvalue weighted by molar-refractivity contribution is 0.242. The molecule has 2 aliphatic rings. The van der Waals surface area contributed by atoms with Crippen molar-refractivity contribution < 1.29 is 0 Å². The topological polar surface area (TPSA) is 24.4 Å². The van der Waals surface area contributed by atoms with E-state index in [-0.39, 0.29) is 0 Å². The van der Waals surface area contributed by atoms with E-state index in [0.717, 1.165) is 17.6 Å². The summed E-state index contributed by atoms with van der Waals surface area (Å²) in [5, 5.41) is 9.18. The van der Waals surface area contributed by atoms with Crippen molar-refractivity contribution in [3.05, 3.63) is 22.4 Å². The fourth-order valence-electron chi connectivity index (χ4n) is 3.04. The number of nitrogens with zero attached hydrogens (tertiary/aromatic N) is 1. The normalized spacial score (nSPS) is 34.1. The maximum atomic E-state index is 4.72. The van der Waals surface area contributed by atoms with E-state index in [1.807, 2.05) is 11.8 Å². The van der Waals surface area contributed by atoms with Crippen LogP contribution in [0.25, 0.3) is 0 Å². The molecule has 1 spiro atoms. The van der Waals surface area contributed by atoms with Crippen LogP contribution in [0, 0.1) is 5.92 Å². The van der Waals surface area contributed by atoms with Gasteiger partial charge in [0.15, 0.2) is 5.17 Å². The van der Waals surface area contributed by atoms with Crippen molar-refractivity contribution >= 4 is 28.3 Å². The summed E-state index contributed by atoms with van der Waals surface area (Å²) in [6.07, 6.45) is 5.40. The molecular formula is C14H20N2S2. The zero-order valence-electron chi connectivity index (χ0n) is 10.8. The van der Waals surface area contributed by atoms with Crippen LogP contribution >= 0.6 is 23.1 Å². The fraction of sp³-hybridized carbons (Fsp3) is 0.643. The molecule has 2 nitrogen and oxygen atoms in total. The number of thiophene rings is 1. The van der Waals surface area contributed by atoms with Gasteiger partial charge in [-0.1, -0.05) is 31.5 Å². The minimum atomic E-state index is 0.357. The van der Waals surface area contributed by atoms with E-state index in [4.69, 9.17) is 4.99 Å². The molecule has 0 amide bonds. The van der Waals surface area contributed by atoms with Gasteiger partial charge in [0.05, 0.1) is 6.54 Å². The highest BCUT2D eigenvalue weighted by Crippen LogP contribution is 2.38. The lowest BCUT2D eigenvalue weighted by atomic mass is 9.78. The van der Waals surface area contributed by atoms with Gasteiger partial charge in [0.1, 0.15) is 0 Å². The maximum absolute atomic E-state index is 4.72. The van der Waals surface area contributed by atoms with Crippen LogP contribution < -0.4 is 5.32 Å². The van der Waals surface area contributed by atoms with Crippen LogP contribution in [-0.2, 0) is 6.54 Å². The van der Waals surface area contributed by atoms with Gasteiger partial charge in [-0.25, -0.2) is 0 Å². The predicted octanol–water partition coefficient (Wildman–Crippen LogP) is 3.89. The Bertz CT molecular complexity index is 427. The second kappa shape index (κ2) is 5.25. The van der Waals surface area contributed by atoms with Crippen molar-refractivity contribution in [2.24, 2.45) is 10.9 Å². The fourth-order valence-corrected chi connectivity index (χ4v) is 4.89. The van der Waals surface area contributed by atoms with Crippen LogP contribution in [0.5, 0.6) is 0 Å². The van der Waals surface area contributed by atoms with E-state index in [9.17, 15) is 0 Å². The molecule has 4 heteroatoms. The van der Waals surface area contributed by atoms with Crippen LogP contribution in [0.1, 0.15) is 38.2 Å². The van der Waals surface area contributed by atoms with E-state index >= 15 is 0 Å². The molecule has 2 unspecified atom stereocenters. The predicted molar refractivity (Wildman–Crippen MR) is 81.4 cm³/mol. The average Bonchev–Trinajstić information content (AvgIpc) is 2.97. The van der Waals surface area contributed by atoms with Gasteiger partial charge in [-0.05, 0) is 41.1 Å². The summed E-state index contributed by atoms with van der Waals surface area (Å²) in [5.41, 5.74) is 1.68. The summed E-state index contributed by atoms with van der Waals surface area (Å²) in [6.45, 7) is 3.21. The van der Waals surface area contributed by atoms with Crippen molar-refractivity contribution in [1.82, 2.24) is 5.32 Å². The summed E-state index contributed by atoms with van der Waals surface area (Å²) in [7, 11) is 0. The number of nitrogens with one attached hydrogen (secondary N) is 1. The van der Waals surface area contributed by atoms with Gasteiger partial charge < -0.3 is 5.32 Å². The lowest BCUT2D eigenvalue weighted by Gasteiger charge is -2.36. The Balaban J connectivity index is 1.62. The second-order valence-electron chi connectivity index (χ2n) is 5.65. The van der Waals surface area contributed by atoms with Crippen LogP contribution in [-0.4, -0.2) is 16.5 Å². The number of rotatable bonds is 2. The molecule has 98 valence electrons. The molecule has 1 aliphatic heterocycles. The first kappa shape index (κ1) is 12.5. The van der Waals surface area contributed by atoms with Gasteiger partial charge in [0, 0.05) is 11.3 Å². The molecule has 2 atom stereocenters. The van der Waals surface area contributed by atoms with Gasteiger partial charge >= 0.3 is 0 Å². The van der Waals surface area contributed by atoms with E-state index < -0.39 is 0 Å². The molecule has 2 fully saturated rings. The number of thioether (sulfide) groups is 1. The summed E-state index contributed by atoms with van der Waals surface area (Å²) in [6, 6.07) is 2.16. The van der Waals surface area contributed by atoms with Gasteiger partial charge in [-0.3, -0.25) is 4.99 Å². The number of hydrogen-bond acceptors (Lipinski definition) is 3. The molecule has 1 aromatic rings. The number of aliphatic imine (C=N–C) groups is 1. The van der Waals surface area contributed by atoms with Gasteiger partial charge in [-0.2, -0.15) is 11.3 Å². The largest absolute Gasteiger partial charge is 0.359 e. The quantitative estimate of drug-likeness (QED) is 0.889. The van der Waals surface area contributed by atoms with Crippen molar-refractivity contribution in [1.29, 1.82) is 0 Å². The Morgan fingerprint density at radius 1 is 1.56 bits per heavy atom. The molecule has 0 radical (unpaired) electrons. The Hall–Kier alpha value is -0.480. The minimum absolute atomic E-state index is 0.357. The summed E-state index contributed by atoms with van der Waals surface area (Å²) < 4.78 is 0. The third kappa shape index (κ3) is 2.75. The van der Waals surface area contributed by atoms with Crippen LogP contribution in [0.4, 0.5) is 0 Å². The zero-order chi connectivity index (χ0) is 12.4. The Labute approximate surface area is 117 Å². The average molecular weight is 280 g/mol. The highest BCUT2D eigenvalue weighted by Gasteiger charge is 2.40. The van der Waals surface area contributed by atoms with Gasteiger partial charge in [0.25, 0.3) is 0 Å². The molecule has 0 bridgehead atoms. The van der Waals surface area contributed by atoms with E-state index in [2.05, 4.69) is 29.1 Å². The molecule has 1 aliphatic carbocycles. The molecule has 1 saturated carbocycles. The van der Waals surface area contributed by atoms with Crippen LogP contribution in [0.2, 0.25) is 0 Å². The van der Waals surface area contributed by atoms with Crippen molar-refractivity contribution in [3.8, 4) is 0 Å². The van der Waals surface area contributed by atoms with Gasteiger partial charge in [-0.15, -0.1) is 0 Å². The first-order valence-corrected chi connectivity index (χ1v) is 8.65. The Morgan fingerprint density at radius 3 is 3.28 bits per heavy atom. The first-order chi connectivity index (χ1) is 8.76. The van der Waals surface area contributed by atoms with E-state index in [0.29, 0.717) is 5.54 Å². The number of amidine groups is 1. The van der Waals surface area contributed by atoms with Crippen LogP contribution in [0.15, 0.2) is 21.8 Å². The molecule has 1 saturated heterocycles. The highest BCUT2D eigenvalue weighted by molar-refractivity contribution is 8.14. The molecule has 0 aromatic carbocycles. The SMILES string of the molecule is CC1CCCC2(CSC(=NCc3ccsc3)N2)C1. The standard InChI is InChI=1S/C14H20N2S2/c1-11-3-2-5-14(7-11)10-18-13(16-14)15-8-12-4-6-17-9-12/h4,6,9,11H,2-3,5,7-8,10H2,1H3,(H,15,16).